The molecule has 0 aliphatic rings. The van der Waals surface area contributed by atoms with E-state index >= 15 is 0 Å². The number of nitrogens with one attached hydrogen (secondary N) is 1. The Kier molecular flexibility index (Phi) is 4.28. The average Bonchev–Trinajstić information content (AvgIpc) is 2.17. The van der Waals surface area contributed by atoms with E-state index in [1.165, 1.54) is 12.1 Å². The molecule has 15 heavy (non-hydrogen) atoms. The molecule has 0 aliphatic carbocycles. The van der Waals surface area contributed by atoms with Crippen molar-refractivity contribution in [3.63, 3.8) is 0 Å². The monoisotopic (exact) mass is 209 g/mol. The number of rotatable bonds is 4. The zero-order chi connectivity index (χ0) is 11.3. The van der Waals surface area contributed by atoms with Crippen LogP contribution in [-0.4, -0.2) is 12.5 Å². The second-order valence-electron chi connectivity index (χ2n) is 3.59. The number of carbonyl (C=O) groups is 1. The summed E-state index contributed by atoms with van der Waals surface area (Å²) in [6.45, 7) is 4.43. The van der Waals surface area contributed by atoms with Crippen molar-refractivity contribution < 1.29 is 9.18 Å². The summed E-state index contributed by atoms with van der Waals surface area (Å²) in [6.07, 6.45) is 1.93. The summed E-state index contributed by atoms with van der Waals surface area (Å²) in [5.41, 5.74) is 0.939. The largest absolute Gasteiger partial charge is 0.352 e. The quantitative estimate of drug-likeness (QED) is 0.759. The van der Waals surface area contributed by atoms with Gasteiger partial charge in [0.15, 0.2) is 0 Å². The van der Waals surface area contributed by atoms with E-state index in [2.05, 4.69) is 5.32 Å². The molecular weight excluding hydrogens is 193 g/mol. The number of hydrogen-bond acceptors (Lipinski definition) is 1. The van der Waals surface area contributed by atoms with Crippen LogP contribution in [0, 0.1) is 12.7 Å². The van der Waals surface area contributed by atoms with Crippen LogP contribution in [0.4, 0.5) is 4.39 Å². The van der Waals surface area contributed by atoms with Crippen molar-refractivity contribution in [1.29, 1.82) is 0 Å². The first-order chi connectivity index (χ1) is 7.15. The van der Waals surface area contributed by atoms with Crippen LogP contribution in [-0.2, 0) is 0 Å². The number of unbranched alkanes of at least 4 members (excludes halogenated alkanes) is 1. The number of aryl methyl sites for hydroxylation is 1. The molecule has 1 aromatic rings. The summed E-state index contributed by atoms with van der Waals surface area (Å²) < 4.78 is 13.3. The van der Waals surface area contributed by atoms with Crippen molar-refractivity contribution in [2.45, 2.75) is 26.7 Å². The van der Waals surface area contributed by atoms with Crippen LogP contribution in [0.25, 0.3) is 0 Å². The highest BCUT2D eigenvalue weighted by atomic mass is 19.1. The van der Waals surface area contributed by atoms with Crippen molar-refractivity contribution in [2.75, 3.05) is 6.54 Å². The highest BCUT2D eigenvalue weighted by molar-refractivity contribution is 5.94. The molecule has 0 bridgehead atoms. The Bertz CT molecular complexity index is 349. The molecule has 3 heteroatoms. The smallest absolute Gasteiger partial charge is 0.254 e. The zero-order valence-electron chi connectivity index (χ0n) is 9.14. The van der Waals surface area contributed by atoms with Crippen molar-refractivity contribution in [3.8, 4) is 0 Å². The van der Waals surface area contributed by atoms with E-state index in [9.17, 15) is 9.18 Å². The molecule has 0 atom stereocenters. The van der Waals surface area contributed by atoms with Gasteiger partial charge in [-0.25, -0.2) is 4.39 Å². The minimum Gasteiger partial charge on any atom is -0.352 e. The fraction of sp³-hybridized carbons (Fsp3) is 0.417. The molecule has 0 aliphatic heterocycles. The van der Waals surface area contributed by atoms with E-state index in [0.717, 1.165) is 18.4 Å². The lowest BCUT2D eigenvalue weighted by molar-refractivity contribution is 0.0949. The van der Waals surface area contributed by atoms with Gasteiger partial charge in [-0.2, -0.15) is 0 Å². The highest BCUT2D eigenvalue weighted by Gasteiger charge is 2.10. The van der Waals surface area contributed by atoms with E-state index in [1.807, 2.05) is 6.92 Å². The third kappa shape index (κ3) is 3.35. The molecule has 0 heterocycles. The van der Waals surface area contributed by atoms with E-state index in [0.29, 0.717) is 6.54 Å². The van der Waals surface area contributed by atoms with E-state index in [4.69, 9.17) is 0 Å². The van der Waals surface area contributed by atoms with Crippen LogP contribution >= 0.6 is 0 Å². The Balaban J connectivity index is 2.65. The lowest BCUT2D eigenvalue weighted by Crippen LogP contribution is -2.25. The third-order valence-electron chi connectivity index (χ3n) is 2.19. The van der Waals surface area contributed by atoms with Gasteiger partial charge in [-0.3, -0.25) is 4.79 Å². The second-order valence-corrected chi connectivity index (χ2v) is 3.59. The van der Waals surface area contributed by atoms with Gasteiger partial charge in [0.25, 0.3) is 5.91 Å². The number of benzene rings is 1. The van der Waals surface area contributed by atoms with Crippen LogP contribution in [0.5, 0.6) is 0 Å². The van der Waals surface area contributed by atoms with E-state index in [1.54, 1.807) is 13.0 Å². The Hall–Kier alpha value is -1.38. The summed E-state index contributed by atoms with van der Waals surface area (Å²) in [5.74, 6) is -0.787. The summed E-state index contributed by atoms with van der Waals surface area (Å²) in [7, 11) is 0. The molecule has 1 amide bonds. The number of hydrogen-bond donors (Lipinski definition) is 1. The summed E-state index contributed by atoms with van der Waals surface area (Å²) in [4.78, 5) is 11.5. The Morgan fingerprint density at radius 1 is 1.47 bits per heavy atom. The summed E-state index contributed by atoms with van der Waals surface area (Å²) >= 11 is 0. The molecule has 1 aromatic carbocycles. The first-order valence-electron chi connectivity index (χ1n) is 5.19. The van der Waals surface area contributed by atoms with Crippen LogP contribution in [0.1, 0.15) is 35.7 Å². The number of halogens is 1. The molecular formula is C12H16FNO. The standard InChI is InChI=1S/C12H16FNO/c1-3-4-7-14-12(15)10-6-5-9(2)8-11(10)13/h5-6,8H,3-4,7H2,1-2H3,(H,14,15). The van der Waals surface area contributed by atoms with Gasteiger partial charge in [-0.15, -0.1) is 0 Å². The van der Waals surface area contributed by atoms with Gasteiger partial charge in [-0.1, -0.05) is 19.4 Å². The minimum absolute atomic E-state index is 0.122. The normalized spacial score (nSPS) is 10.1. The maximum Gasteiger partial charge on any atom is 0.254 e. The Morgan fingerprint density at radius 3 is 2.80 bits per heavy atom. The highest BCUT2D eigenvalue weighted by Crippen LogP contribution is 2.09. The lowest BCUT2D eigenvalue weighted by atomic mass is 10.1. The summed E-state index contributed by atoms with van der Waals surface area (Å²) in [5, 5.41) is 2.68. The SMILES string of the molecule is CCCCNC(=O)c1ccc(C)cc1F. The van der Waals surface area contributed by atoms with Gasteiger partial charge < -0.3 is 5.32 Å². The van der Waals surface area contributed by atoms with Crippen LogP contribution in [0.3, 0.4) is 0 Å². The molecule has 0 radical (unpaired) electrons. The number of carbonyl (C=O) groups excluding carboxylic acids is 1. The Labute approximate surface area is 89.5 Å². The average molecular weight is 209 g/mol. The first kappa shape index (κ1) is 11.7. The fourth-order valence-electron chi connectivity index (χ4n) is 1.28. The van der Waals surface area contributed by atoms with Gasteiger partial charge in [-0.05, 0) is 31.0 Å². The molecule has 0 aromatic heterocycles. The fourth-order valence-corrected chi connectivity index (χ4v) is 1.28. The van der Waals surface area contributed by atoms with Crippen molar-refractivity contribution in [2.24, 2.45) is 0 Å². The van der Waals surface area contributed by atoms with Crippen molar-refractivity contribution >= 4 is 5.91 Å². The maximum absolute atomic E-state index is 13.3. The molecule has 0 unspecified atom stereocenters. The van der Waals surface area contributed by atoms with Gasteiger partial charge in [0, 0.05) is 6.54 Å². The molecule has 0 fully saturated rings. The zero-order valence-corrected chi connectivity index (χ0v) is 9.14. The van der Waals surface area contributed by atoms with Gasteiger partial charge in [0.1, 0.15) is 5.82 Å². The minimum atomic E-state index is -0.455. The van der Waals surface area contributed by atoms with Gasteiger partial charge >= 0.3 is 0 Å². The van der Waals surface area contributed by atoms with Crippen molar-refractivity contribution in [3.05, 3.63) is 35.1 Å². The maximum atomic E-state index is 13.3. The molecule has 0 spiro atoms. The third-order valence-corrected chi connectivity index (χ3v) is 2.19. The Morgan fingerprint density at radius 2 is 2.20 bits per heavy atom. The molecule has 82 valence electrons. The predicted octanol–water partition coefficient (Wildman–Crippen LogP) is 2.66. The summed E-state index contributed by atoms with van der Waals surface area (Å²) in [6, 6.07) is 4.62. The predicted molar refractivity (Wildman–Crippen MR) is 58.4 cm³/mol. The van der Waals surface area contributed by atoms with Crippen LogP contribution in [0.2, 0.25) is 0 Å². The second kappa shape index (κ2) is 5.49. The van der Waals surface area contributed by atoms with E-state index < -0.39 is 5.82 Å². The molecule has 2 nitrogen and oxygen atoms in total. The van der Waals surface area contributed by atoms with E-state index in [-0.39, 0.29) is 11.5 Å². The number of amides is 1. The lowest BCUT2D eigenvalue weighted by Gasteiger charge is -2.05. The van der Waals surface area contributed by atoms with Gasteiger partial charge in [0.05, 0.1) is 5.56 Å². The molecule has 0 saturated carbocycles. The van der Waals surface area contributed by atoms with Crippen LogP contribution < -0.4 is 5.32 Å². The molecule has 1 rings (SSSR count). The first-order valence-corrected chi connectivity index (χ1v) is 5.19. The molecule has 0 saturated heterocycles. The van der Waals surface area contributed by atoms with Crippen LogP contribution in [0.15, 0.2) is 18.2 Å². The molecule has 1 N–H and O–H groups in total. The van der Waals surface area contributed by atoms with Crippen molar-refractivity contribution in [1.82, 2.24) is 5.32 Å². The van der Waals surface area contributed by atoms with Gasteiger partial charge in [0.2, 0.25) is 0 Å². The topological polar surface area (TPSA) is 29.1 Å².